The van der Waals surface area contributed by atoms with Gasteiger partial charge in [-0.25, -0.2) is 0 Å². The summed E-state index contributed by atoms with van der Waals surface area (Å²) in [6.45, 7) is 2.36. The number of carboxylic acids is 1. The van der Waals surface area contributed by atoms with Gasteiger partial charge in [0, 0.05) is 11.6 Å². The SMILES string of the molecule is CCOc1cc(C2(C(=O)O)CC2)c(OC)cc1OC. The predicted octanol–water partition coefficient (Wildman–Crippen LogP) is 2.22. The third-order valence-corrected chi connectivity index (χ3v) is 3.46. The zero-order chi connectivity index (χ0) is 14.0. The second-order valence-corrected chi connectivity index (χ2v) is 4.52. The van der Waals surface area contributed by atoms with E-state index < -0.39 is 11.4 Å². The lowest BCUT2D eigenvalue weighted by Crippen LogP contribution is -2.20. The molecule has 1 aliphatic rings. The molecule has 1 aromatic rings. The number of carbonyl (C=O) groups is 1. The molecule has 1 aliphatic carbocycles. The molecule has 1 saturated carbocycles. The van der Waals surface area contributed by atoms with Crippen molar-refractivity contribution >= 4 is 5.97 Å². The van der Waals surface area contributed by atoms with Gasteiger partial charge in [0.15, 0.2) is 11.5 Å². The Morgan fingerprint density at radius 3 is 2.26 bits per heavy atom. The van der Waals surface area contributed by atoms with Gasteiger partial charge in [-0.05, 0) is 25.8 Å². The number of benzene rings is 1. The van der Waals surface area contributed by atoms with Crippen LogP contribution in [0.15, 0.2) is 12.1 Å². The quantitative estimate of drug-likeness (QED) is 0.855. The minimum atomic E-state index is -0.830. The van der Waals surface area contributed by atoms with Crippen molar-refractivity contribution in [3.05, 3.63) is 17.7 Å². The van der Waals surface area contributed by atoms with Crippen LogP contribution < -0.4 is 14.2 Å². The maximum absolute atomic E-state index is 11.4. The zero-order valence-corrected chi connectivity index (χ0v) is 11.4. The van der Waals surface area contributed by atoms with E-state index >= 15 is 0 Å². The molecule has 5 heteroatoms. The molecule has 2 rings (SSSR count). The Bertz CT molecular complexity index is 491. The standard InChI is InChI=1S/C14H18O5/c1-4-19-12-7-9(14(5-6-14)13(15)16)10(17-2)8-11(12)18-3/h7-8H,4-6H2,1-3H3,(H,15,16). The summed E-state index contributed by atoms with van der Waals surface area (Å²) >= 11 is 0. The van der Waals surface area contributed by atoms with Crippen molar-refractivity contribution in [1.29, 1.82) is 0 Å². The Kier molecular flexibility index (Phi) is 3.55. The van der Waals surface area contributed by atoms with Crippen molar-refractivity contribution in [1.82, 2.24) is 0 Å². The van der Waals surface area contributed by atoms with Crippen LogP contribution in [0.2, 0.25) is 0 Å². The molecule has 0 saturated heterocycles. The van der Waals surface area contributed by atoms with Gasteiger partial charge in [0.25, 0.3) is 0 Å². The number of carboxylic acid groups (broad SMARTS) is 1. The van der Waals surface area contributed by atoms with Crippen LogP contribution in [-0.2, 0) is 10.2 Å². The van der Waals surface area contributed by atoms with Gasteiger partial charge < -0.3 is 19.3 Å². The van der Waals surface area contributed by atoms with Gasteiger partial charge in [-0.1, -0.05) is 0 Å². The van der Waals surface area contributed by atoms with Crippen LogP contribution in [0.3, 0.4) is 0 Å². The molecule has 0 aromatic heterocycles. The van der Waals surface area contributed by atoms with Gasteiger partial charge in [-0.3, -0.25) is 4.79 Å². The molecule has 0 aliphatic heterocycles. The first kappa shape index (κ1) is 13.5. The van der Waals surface area contributed by atoms with E-state index in [0.717, 1.165) is 0 Å². The maximum atomic E-state index is 11.4. The van der Waals surface area contributed by atoms with Crippen LogP contribution in [0, 0.1) is 0 Å². The smallest absolute Gasteiger partial charge is 0.314 e. The van der Waals surface area contributed by atoms with E-state index in [1.165, 1.54) is 7.11 Å². The van der Waals surface area contributed by atoms with E-state index in [9.17, 15) is 9.90 Å². The van der Waals surface area contributed by atoms with E-state index in [0.29, 0.717) is 42.3 Å². The molecule has 0 radical (unpaired) electrons. The summed E-state index contributed by atoms with van der Waals surface area (Å²) in [5.41, 5.74) is -0.171. The Morgan fingerprint density at radius 1 is 1.21 bits per heavy atom. The molecule has 1 aromatic carbocycles. The molecule has 0 spiro atoms. The van der Waals surface area contributed by atoms with Crippen molar-refractivity contribution in [3.8, 4) is 17.2 Å². The summed E-state index contributed by atoms with van der Waals surface area (Å²) in [6, 6.07) is 3.41. The number of methoxy groups -OCH3 is 2. The van der Waals surface area contributed by atoms with Crippen molar-refractivity contribution in [2.75, 3.05) is 20.8 Å². The van der Waals surface area contributed by atoms with Crippen molar-refractivity contribution < 1.29 is 24.1 Å². The Balaban J connectivity index is 2.53. The average molecular weight is 266 g/mol. The van der Waals surface area contributed by atoms with Gasteiger partial charge in [0.05, 0.1) is 26.2 Å². The maximum Gasteiger partial charge on any atom is 0.314 e. The van der Waals surface area contributed by atoms with Crippen LogP contribution in [-0.4, -0.2) is 31.9 Å². The molecule has 5 nitrogen and oxygen atoms in total. The molecule has 19 heavy (non-hydrogen) atoms. The Hall–Kier alpha value is -1.91. The van der Waals surface area contributed by atoms with Crippen molar-refractivity contribution in [2.24, 2.45) is 0 Å². The second-order valence-electron chi connectivity index (χ2n) is 4.52. The van der Waals surface area contributed by atoms with Crippen LogP contribution in [0.25, 0.3) is 0 Å². The minimum absolute atomic E-state index is 0.488. The van der Waals surface area contributed by atoms with Gasteiger partial charge in [0.1, 0.15) is 5.75 Å². The summed E-state index contributed by atoms with van der Waals surface area (Å²) in [6.07, 6.45) is 1.24. The Morgan fingerprint density at radius 2 is 1.84 bits per heavy atom. The normalized spacial score (nSPS) is 15.7. The third-order valence-electron chi connectivity index (χ3n) is 3.46. The molecule has 0 unspecified atom stereocenters. The fourth-order valence-corrected chi connectivity index (χ4v) is 2.24. The van der Waals surface area contributed by atoms with Crippen LogP contribution in [0.4, 0.5) is 0 Å². The molecular weight excluding hydrogens is 248 g/mol. The van der Waals surface area contributed by atoms with Crippen LogP contribution in [0.5, 0.6) is 17.2 Å². The van der Waals surface area contributed by atoms with E-state index in [1.807, 2.05) is 6.92 Å². The van der Waals surface area contributed by atoms with Crippen LogP contribution >= 0.6 is 0 Å². The highest BCUT2D eigenvalue weighted by Gasteiger charge is 2.53. The first-order chi connectivity index (χ1) is 9.08. The highest BCUT2D eigenvalue weighted by atomic mass is 16.5. The lowest BCUT2D eigenvalue weighted by molar-refractivity contribution is -0.140. The van der Waals surface area contributed by atoms with Gasteiger partial charge in [0.2, 0.25) is 0 Å². The number of aliphatic carboxylic acids is 1. The molecule has 1 fully saturated rings. The lowest BCUT2D eigenvalue weighted by Gasteiger charge is -2.18. The largest absolute Gasteiger partial charge is 0.496 e. The summed E-state index contributed by atoms with van der Waals surface area (Å²) in [4.78, 5) is 11.4. The molecule has 0 bridgehead atoms. The summed E-state index contributed by atoms with van der Waals surface area (Å²) in [5, 5.41) is 9.40. The topological polar surface area (TPSA) is 65.0 Å². The fourth-order valence-electron chi connectivity index (χ4n) is 2.24. The average Bonchev–Trinajstić information content (AvgIpc) is 3.20. The van der Waals surface area contributed by atoms with Crippen molar-refractivity contribution in [3.63, 3.8) is 0 Å². The number of hydrogen-bond acceptors (Lipinski definition) is 4. The molecule has 104 valence electrons. The van der Waals surface area contributed by atoms with Crippen LogP contribution in [0.1, 0.15) is 25.3 Å². The molecule has 1 N–H and O–H groups in total. The summed E-state index contributed by atoms with van der Waals surface area (Å²) in [7, 11) is 3.07. The van der Waals surface area contributed by atoms with E-state index in [1.54, 1.807) is 19.2 Å². The Labute approximate surface area is 112 Å². The van der Waals surface area contributed by atoms with E-state index in [2.05, 4.69) is 0 Å². The van der Waals surface area contributed by atoms with Gasteiger partial charge >= 0.3 is 5.97 Å². The van der Waals surface area contributed by atoms with Gasteiger partial charge in [-0.2, -0.15) is 0 Å². The predicted molar refractivity (Wildman–Crippen MR) is 69.3 cm³/mol. The fraction of sp³-hybridized carbons (Fsp3) is 0.500. The number of hydrogen-bond donors (Lipinski definition) is 1. The third kappa shape index (κ3) is 2.20. The zero-order valence-electron chi connectivity index (χ0n) is 11.4. The molecule has 0 atom stereocenters. The summed E-state index contributed by atoms with van der Waals surface area (Å²) in [5.74, 6) is 0.801. The number of ether oxygens (including phenoxy) is 3. The molecular formula is C14H18O5. The molecule has 0 heterocycles. The summed E-state index contributed by atoms with van der Waals surface area (Å²) < 4.78 is 16.0. The highest BCUT2D eigenvalue weighted by molar-refractivity contribution is 5.86. The van der Waals surface area contributed by atoms with E-state index in [4.69, 9.17) is 14.2 Å². The molecule has 0 amide bonds. The van der Waals surface area contributed by atoms with E-state index in [-0.39, 0.29) is 0 Å². The number of rotatable bonds is 6. The second kappa shape index (κ2) is 4.99. The minimum Gasteiger partial charge on any atom is -0.496 e. The monoisotopic (exact) mass is 266 g/mol. The first-order valence-corrected chi connectivity index (χ1v) is 6.21. The highest BCUT2D eigenvalue weighted by Crippen LogP contribution is 2.53. The van der Waals surface area contributed by atoms with Crippen molar-refractivity contribution in [2.45, 2.75) is 25.2 Å². The van der Waals surface area contributed by atoms with Gasteiger partial charge in [-0.15, -0.1) is 0 Å². The first-order valence-electron chi connectivity index (χ1n) is 6.21. The lowest BCUT2D eigenvalue weighted by atomic mass is 9.94.